The first-order valence-electron chi connectivity index (χ1n) is 3.99. The Morgan fingerprint density at radius 3 is 2.08 bits per heavy atom. The van der Waals surface area contributed by atoms with Gasteiger partial charge in [0.15, 0.2) is 0 Å². The van der Waals surface area contributed by atoms with Crippen molar-refractivity contribution in [3.05, 3.63) is 60.7 Å². The van der Waals surface area contributed by atoms with E-state index in [0.29, 0.717) is 0 Å². The Balaban J connectivity index is 0.000000845. The van der Waals surface area contributed by atoms with Crippen LogP contribution in [0.25, 0.3) is 11.1 Å². The van der Waals surface area contributed by atoms with Gasteiger partial charge in [-0.3, -0.25) is 0 Å². The average molecular weight is 176 g/mol. The van der Waals surface area contributed by atoms with Crippen molar-refractivity contribution in [3.8, 4) is 11.1 Å². The molecule has 0 saturated carbocycles. The van der Waals surface area contributed by atoms with Gasteiger partial charge >= 0.3 is 29.6 Å². The zero-order chi connectivity index (χ0) is 8.23. The van der Waals surface area contributed by atoms with Crippen LogP contribution >= 0.6 is 0 Å². The molecule has 0 aliphatic heterocycles. The molecule has 0 bridgehead atoms. The molecule has 0 aliphatic rings. The predicted octanol–water partition coefficient (Wildman–Crippen LogP) is 0.158. The van der Waals surface area contributed by atoms with Gasteiger partial charge in [-0.15, -0.1) is 0 Å². The monoisotopic (exact) mass is 176 g/mol. The van der Waals surface area contributed by atoms with Crippen LogP contribution in [0.5, 0.6) is 0 Å². The van der Waals surface area contributed by atoms with E-state index >= 15 is 0 Å². The molecule has 0 saturated heterocycles. The largest absolute Gasteiger partial charge is 1.00 e. The second-order valence-corrected chi connectivity index (χ2v) is 2.64. The summed E-state index contributed by atoms with van der Waals surface area (Å²) < 4.78 is 0. The Morgan fingerprint density at radius 2 is 1.46 bits per heavy atom. The van der Waals surface area contributed by atoms with Crippen molar-refractivity contribution in [3.63, 3.8) is 0 Å². The Labute approximate surface area is 101 Å². The molecule has 57 valence electrons. The first kappa shape index (κ1) is 10.5. The van der Waals surface area contributed by atoms with Crippen molar-refractivity contribution in [2.75, 3.05) is 0 Å². The SMILES string of the molecule is [Na+].[c]1ccccc1-c1ccccc1. The second-order valence-electron chi connectivity index (χ2n) is 2.64. The molecule has 0 atom stereocenters. The molecule has 13 heavy (non-hydrogen) atoms. The summed E-state index contributed by atoms with van der Waals surface area (Å²) in [5, 5.41) is 0. The molecule has 0 heterocycles. The van der Waals surface area contributed by atoms with Crippen LogP contribution in [-0.2, 0) is 0 Å². The topological polar surface area (TPSA) is 0 Å². The minimum atomic E-state index is 0. The standard InChI is InChI=1S/C12H9.Na/c1-3-7-11(8-4-1)12-9-5-2-6-10-12;/h1-9H;/q;+1. The summed E-state index contributed by atoms with van der Waals surface area (Å²) >= 11 is 0. The van der Waals surface area contributed by atoms with Gasteiger partial charge in [0.25, 0.3) is 0 Å². The summed E-state index contributed by atoms with van der Waals surface area (Å²) in [6.07, 6.45) is 0. The molecule has 0 fully saturated rings. The Hall–Kier alpha value is -0.560. The molecule has 0 unspecified atom stereocenters. The van der Waals surface area contributed by atoms with Gasteiger partial charge in [0, 0.05) is 0 Å². The van der Waals surface area contributed by atoms with Crippen LogP contribution < -0.4 is 29.6 Å². The van der Waals surface area contributed by atoms with Gasteiger partial charge in [0.1, 0.15) is 0 Å². The van der Waals surface area contributed by atoms with Gasteiger partial charge < -0.3 is 0 Å². The maximum absolute atomic E-state index is 3.18. The third-order valence-corrected chi connectivity index (χ3v) is 1.79. The molecular weight excluding hydrogens is 167 g/mol. The average Bonchev–Trinajstić information content (AvgIpc) is 2.21. The van der Waals surface area contributed by atoms with Gasteiger partial charge in [-0.25, -0.2) is 0 Å². The van der Waals surface area contributed by atoms with Crippen LogP contribution in [0.1, 0.15) is 0 Å². The third kappa shape index (κ3) is 2.70. The van der Waals surface area contributed by atoms with E-state index in [9.17, 15) is 0 Å². The number of hydrogen-bond acceptors (Lipinski definition) is 0. The minimum absolute atomic E-state index is 0. The van der Waals surface area contributed by atoms with Crippen molar-refractivity contribution >= 4 is 0 Å². The van der Waals surface area contributed by atoms with Gasteiger partial charge in [-0.2, -0.15) is 0 Å². The summed E-state index contributed by atoms with van der Waals surface area (Å²) in [6.45, 7) is 0. The molecule has 2 aromatic rings. The molecule has 0 spiro atoms. The van der Waals surface area contributed by atoms with Crippen molar-refractivity contribution in [1.29, 1.82) is 0 Å². The van der Waals surface area contributed by atoms with E-state index in [1.807, 2.05) is 36.4 Å². The summed E-state index contributed by atoms with van der Waals surface area (Å²) in [6, 6.07) is 21.5. The molecule has 0 amide bonds. The molecule has 0 N–H and O–H groups in total. The van der Waals surface area contributed by atoms with Crippen LogP contribution in [0.2, 0.25) is 0 Å². The summed E-state index contributed by atoms with van der Waals surface area (Å²) in [4.78, 5) is 0. The van der Waals surface area contributed by atoms with E-state index in [0.717, 1.165) is 5.56 Å². The number of hydrogen-bond donors (Lipinski definition) is 0. The van der Waals surface area contributed by atoms with E-state index in [1.165, 1.54) is 5.56 Å². The minimum Gasteiger partial charge on any atom is -0.0622 e. The normalized spacial score (nSPS) is 8.92. The quantitative estimate of drug-likeness (QED) is 0.543. The number of benzene rings is 2. The maximum atomic E-state index is 3.18. The van der Waals surface area contributed by atoms with Crippen LogP contribution in [-0.4, -0.2) is 0 Å². The molecule has 1 heteroatoms. The Morgan fingerprint density at radius 1 is 0.769 bits per heavy atom. The van der Waals surface area contributed by atoms with Crippen LogP contribution in [0.15, 0.2) is 54.6 Å². The van der Waals surface area contributed by atoms with E-state index < -0.39 is 0 Å². The fourth-order valence-electron chi connectivity index (χ4n) is 1.19. The van der Waals surface area contributed by atoms with Gasteiger partial charge in [-0.05, 0) is 17.2 Å². The van der Waals surface area contributed by atoms with Gasteiger partial charge in [0.05, 0.1) is 0 Å². The Bertz CT molecular complexity index is 303. The summed E-state index contributed by atoms with van der Waals surface area (Å²) in [5.74, 6) is 0. The van der Waals surface area contributed by atoms with E-state index in [1.54, 1.807) is 0 Å². The van der Waals surface area contributed by atoms with E-state index in [4.69, 9.17) is 0 Å². The number of rotatable bonds is 1. The fourth-order valence-corrected chi connectivity index (χ4v) is 1.19. The molecule has 0 aromatic heterocycles. The first-order valence-corrected chi connectivity index (χ1v) is 3.99. The molecular formula is C12H9Na+. The van der Waals surface area contributed by atoms with Crippen LogP contribution in [0.3, 0.4) is 0 Å². The maximum Gasteiger partial charge on any atom is 1.00 e. The zero-order valence-corrected chi connectivity index (χ0v) is 9.70. The van der Waals surface area contributed by atoms with Crippen molar-refractivity contribution < 1.29 is 29.6 Å². The molecule has 0 aliphatic carbocycles. The third-order valence-electron chi connectivity index (χ3n) is 1.79. The molecule has 2 aromatic carbocycles. The Kier molecular flexibility index (Phi) is 4.23. The predicted molar refractivity (Wildman–Crippen MR) is 50.7 cm³/mol. The molecule has 0 nitrogen and oxygen atoms in total. The smallest absolute Gasteiger partial charge is 0.0622 e. The summed E-state index contributed by atoms with van der Waals surface area (Å²) in [5.41, 5.74) is 2.37. The molecule has 2 rings (SSSR count). The fraction of sp³-hybridized carbons (Fsp3) is 0. The van der Waals surface area contributed by atoms with Gasteiger partial charge in [-0.1, -0.05) is 54.6 Å². The van der Waals surface area contributed by atoms with Gasteiger partial charge in [0.2, 0.25) is 0 Å². The second kappa shape index (κ2) is 5.23. The molecule has 1 radical (unpaired) electrons. The zero-order valence-electron chi connectivity index (χ0n) is 7.70. The first-order chi connectivity index (χ1) is 5.97. The van der Waals surface area contributed by atoms with Crippen molar-refractivity contribution in [1.82, 2.24) is 0 Å². The van der Waals surface area contributed by atoms with Crippen molar-refractivity contribution in [2.24, 2.45) is 0 Å². The van der Waals surface area contributed by atoms with Crippen LogP contribution in [0, 0.1) is 6.07 Å². The van der Waals surface area contributed by atoms with E-state index in [-0.39, 0.29) is 29.6 Å². The van der Waals surface area contributed by atoms with Crippen LogP contribution in [0.4, 0.5) is 0 Å². The van der Waals surface area contributed by atoms with E-state index in [2.05, 4.69) is 24.3 Å². The summed E-state index contributed by atoms with van der Waals surface area (Å²) in [7, 11) is 0. The van der Waals surface area contributed by atoms with Crippen molar-refractivity contribution in [2.45, 2.75) is 0 Å².